The summed E-state index contributed by atoms with van der Waals surface area (Å²) in [6, 6.07) is 3.09. The van der Waals surface area contributed by atoms with E-state index in [0.29, 0.717) is 15.6 Å². The number of nitrogen functional groups attached to an aromatic ring is 2. The van der Waals surface area contributed by atoms with E-state index < -0.39 is 0 Å². The van der Waals surface area contributed by atoms with Crippen molar-refractivity contribution in [3.05, 3.63) is 27.2 Å². The zero-order valence-electron chi connectivity index (χ0n) is 8.28. The molecule has 0 unspecified atom stereocenters. The highest BCUT2D eigenvalue weighted by Gasteiger charge is 2.14. The fraction of sp³-hybridized carbons (Fsp3) is 0. The zero-order valence-corrected chi connectivity index (χ0v) is 10.6. The van der Waals surface area contributed by atoms with E-state index >= 15 is 0 Å². The van der Waals surface area contributed by atoms with E-state index in [2.05, 4.69) is 15.2 Å². The van der Waals surface area contributed by atoms with E-state index in [1.165, 1.54) is 6.07 Å². The van der Waals surface area contributed by atoms with Crippen LogP contribution in [0.3, 0.4) is 0 Å². The first-order chi connectivity index (χ1) is 7.99. The molecule has 88 valence electrons. The maximum Gasteiger partial charge on any atom is 0.242 e. The topological polar surface area (TPSA) is 90.7 Å². The summed E-state index contributed by atoms with van der Waals surface area (Å²) in [5, 5.41) is 8.42. The summed E-state index contributed by atoms with van der Waals surface area (Å²) >= 11 is 17.8. The van der Waals surface area contributed by atoms with Gasteiger partial charge in [-0.05, 0) is 12.1 Å². The molecule has 1 heterocycles. The lowest BCUT2D eigenvalue weighted by atomic mass is 10.1. The summed E-state index contributed by atoms with van der Waals surface area (Å²) in [7, 11) is 0. The molecule has 2 aromatic rings. The Kier molecular flexibility index (Phi) is 3.24. The Bertz CT molecular complexity index is 587. The highest BCUT2D eigenvalue weighted by molar-refractivity contribution is 6.45. The Morgan fingerprint density at radius 2 is 1.71 bits per heavy atom. The van der Waals surface area contributed by atoms with Gasteiger partial charge in [0.15, 0.2) is 5.82 Å². The highest BCUT2D eigenvalue weighted by atomic mass is 35.5. The Morgan fingerprint density at radius 1 is 1.00 bits per heavy atom. The average molecular weight is 291 g/mol. The van der Waals surface area contributed by atoms with E-state index in [-0.39, 0.29) is 22.5 Å². The second-order valence-electron chi connectivity index (χ2n) is 3.15. The van der Waals surface area contributed by atoms with Crippen molar-refractivity contribution in [1.29, 1.82) is 0 Å². The molecule has 0 spiro atoms. The second kappa shape index (κ2) is 4.52. The summed E-state index contributed by atoms with van der Waals surface area (Å²) in [4.78, 5) is 3.79. The third kappa shape index (κ3) is 2.36. The molecule has 0 saturated carbocycles. The number of nitrogens with zero attached hydrogens (tertiary/aromatic N) is 3. The normalized spacial score (nSPS) is 10.5. The van der Waals surface area contributed by atoms with Crippen LogP contribution < -0.4 is 11.5 Å². The smallest absolute Gasteiger partial charge is 0.242 e. The third-order valence-corrected chi connectivity index (χ3v) is 3.00. The van der Waals surface area contributed by atoms with Gasteiger partial charge in [-0.2, -0.15) is 4.98 Å². The van der Waals surface area contributed by atoms with E-state index in [1.807, 2.05) is 0 Å². The molecule has 0 bridgehead atoms. The highest BCUT2D eigenvalue weighted by Crippen LogP contribution is 2.36. The van der Waals surface area contributed by atoms with Gasteiger partial charge < -0.3 is 11.5 Å². The lowest BCUT2D eigenvalue weighted by Crippen LogP contribution is -2.04. The minimum Gasteiger partial charge on any atom is -0.382 e. The summed E-state index contributed by atoms with van der Waals surface area (Å²) < 4.78 is 0. The predicted molar refractivity (Wildman–Crippen MR) is 69.1 cm³/mol. The number of nitrogens with two attached hydrogens (primary N) is 2. The Morgan fingerprint density at radius 3 is 2.35 bits per heavy atom. The van der Waals surface area contributed by atoms with Gasteiger partial charge in [-0.25, -0.2) is 0 Å². The third-order valence-electron chi connectivity index (χ3n) is 1.98. The van der Waals surface area contributed by atoms with E-state index in [9.17, 15) is 0 Å². The first-order valence-electron chi connectivity index (χ1n) is 4.39. The quantitative estimate of drug-likeness (QED) is 0.788. The molecule has 0 saturated heterocycles. The Balaban J connectivity index is 2.68. The lowest BCUT2D eigenvalue weighted by Gasteiger charge is -2.07. The van der Waals surface area contributed by atoms with Crippen LogP contribution in [0.2, 0.25) is 15.1 Å². The van der Waals surface area contributed by atoms with E-state index in [4.69, 9.17) is 46.3 Å². The van der Waals surface area contributed by atoms with Crippen molar-refractivity contribution < 1.29 is 0 Å². The van der Waals surface area contributed by atoms with Gasteiger partial charge in [0.1, 0.15) is 5.69 Å². The van der Waals surface area contributed by atoms with E-state index in [0.717, 1.165) is 0 Å². The monoisotopic (exact) mass is 289 g/mol. The number of hydrogen-bond donors (Lipinski definition) is 2. The molecule has 8 heteroatoms. The van der Waals surface area contributed by atoms with Crippen molar-refractivity contribution in [2.75, 3.05) is 11.5 Å². The molecule has 0 atom stereocenters. The molecule has 0 aliphatic carbocycles. The van der Waals surface area contributed by atoms with Crippen LogP contribution in [0.4, 0.5) is 11.8 Å². The van der Waals surface area contributed by atoms with Gasteiger partial charge in [0.05, 0.1) is 10.0 Å². The standard InChI is InChI=1S/C9H6Cl3N5/c10-3-1-4(6(12)5(11)2-3)7-8(13)15-9(14)17-16-7/h1-2H,(H4,13,14,15,17). The van der Waals surface area contributed by atoms with Crippen LogP contribution in [0.1, 0.15) is 0 Å². The number of benzene rings is 1. The van der Waals surface area contributed by atoms with Crippen molar-refractivity contribution in [3.63, 3.8) is 0 Å². The maximum atomic E-state index is 6.04. The van der Waals surface area contributed by atoms with Gasteiger partial charge in [0, 0.05) is 10.6 Å². The largest absolute Gasteiger partial charge is 0.382 e. The number of aromatic nitrogens is 3. The summed E-state index contributed by atoms with van der Waals surface area (Å²) in [5.74, 6) is 0.0910. The molecule has 0 radical (unpaired) electrons. The van der Waals surface area contributed by atoms with Gasteiger partial charge in [0.25, 0.3) is 0 Å². The SMILES string of the molecule is Nc1nnc(-c2cc(Cl)cc(Cl)c2Cl)c(N)n1. The molecular formula is C9H6Cl3N5. The first kappa shape index (κ1) is 12.2. The van der Waals surface area contributed by atoms with Crippen LogP contribution in [0.15, 0.2) is 12.1 Å². The van der Waals surface area contributed by atoms with Crippen LogP contribution in [-0.4, -0.2) is 15.2 Å². The average Bonchev–Trinajstić information content (AvgIpc) is 2.24. The maximum absolute atomic E-state index is 6.04. The number of hydrogen-bond acceptors (Lipinski definition) is 5. The number of rotatable bonds is 1. The van der Waals surface area contributed by atoms with Crippen molar-refractivity contribution in [2.24, 2.45) is 0 Å². The fourth-order valence-electron chi connectivity index (χ4n) is 1.27. The molecule has 0 aliphatic heterocycles. The summed E-state index contributed by atoms with van der Waals surface area (Å²) in [5.41, 5.74) is 11.8. The molecule has 4 N–H and O–H groups in total. The van der Waals surface area contributed by atoms with E-state index in [1.54, 1.807) is 6.07 Å². The van der Waals surface area contributed by atoms with Gasteiger partial charge in [-0.15, -0.1) is 10.2 Å². The Labute approximate surface area is 112 Å². The van der Waals surface area contributed by atoms with Gasteiger partial charge in [-0.3, -0.25) is 0 Å². The second-order valence-corrected chi connectivity index (χ2v) is 4.37. The molecule has 0 aliphatic rings. The molecule has 2 rings (SSSR count). The van der Waals surface area contributed by atoms with Crippen LogP contribution in [0.5, 0.6) is 0 Å². The molecule has 5 nitrogen and oxygen atoms in total. The molecule has 1 aromatic carbocycles. The fourth-order valence-corrected chi connectivity index (χ4v) is 1.96. The van der Waals surface area contributed by atoms with Crippen LogP contribution in [0, 0.1) is 0 Å². The van der Waals surface area contributed by atoms with Crippen LogP contribution >= 0.6 is 34.8 Å². The van der Waals surface area contributed by atoms with Gasteiger partial charge in [0.2, 0.25) is 5.95 Å². The molecular weight excluding hydrogens is 284 g/mol. The van der Waals surface area contributed by atoms with Gasteiger partial charge in [-0.1, -0.05) is 34.8 Å². The van der Waals surface area contributed by atoms with Crippen molar-refractivity contribution in [2.45, 2.75) is 0 Å². The first-order valence-corrected chi connectivity index (χ1v) is 5.53. The summed E-state index contributed by atoms with van der Waals surface area (Å²) in [6.07, 6.45) is 0. The van der Waals surface area contributed by atoms with Crippen molar-refractivity contribution in [3.8, 4) is 11.3 Å². The van der Waals surface area contributed by atoms with Crippen molar-refractivity contribution >= 4 is 46.6 Å². The Hall–Kier alpha value is -1.30. The number of anilines is 2. The molecule has 17 heavy (non-hydrogen) atoms. The van der Waals surface area contributed by atoms with Crippen molar-refractivity contribution in [1.82, 2.24) is 15.2 Å². The minimum absolute atomic E-state index is 0.0181. The minimum atomic E-state index is -0.0181. The predicted octanol–water partition coefficient (Wildman–Crippen LogP) is 2.66. The van der Waals surface area contributed by atoms with Gasteiger partial charge >= 0.3 is 0 Å². The molecule has 1 aromatic heterocycles. The molecule has 0 fully saturated rings. The zero-order chi connectivity index (χ0) is 12.6. The van der Waals surface area contributed by atoms with Crippen LogP contribution in [0.25, 0.3) is 11.3 Å². The van der Waals surface area contributed by atoms with Crippen LogP contribution in [-0.2, 0) is 0 Å². The summed E-state index contributed by atoms with van der Waals surface area (Å²) in [6.45, 7) is 0. The number of halogens is 3. The molecule has 0 amide bonds. The lowest BCUT2D eigenvalue weighted by molar-refractivity contribution is 1.000.